The van der Waals surface area contributed by atoms with Crippen LogP contribution in [0.15, 0.2) is 0 Å². The van der Waals surface area contributed by atoms with E-state index in [1.807, 2.05) is 0 Å². The minimum absolute atomic E-state index is 0.181. The van der Waals surface area contributed by atoms with Crippen molar-refractivity contribution in [1.29, 1.82) is 0 Å². The van der Waals surface area contributed by atoms with E-state index in [-0.39, 0.29) is 26.1 Å². The van der Waals surface area contributed by atoms with Crippen LogP contribution in [0.2, 0.25) is 0 Å². The van der Waals surface area contributed by atoms with Crippen molar-refractivity contribution in [3.8, 4) is 0 Å². The number of amides is 3. The number of aliphatic carboxylic acids is 1. The van der Waals surface area contributed by atoms with Gasteiger partial charge in [0, 0.05) is 26.1 Å². The van der Waals surface area contributed by atoms with Gasteiger partial charge >= 0.3 is 12.0 Å². The van der Waals surface area contributed by atoms with Gasteiger partial charge in [0.05, 0.1) is 0 Å². The number of nitrogens with one attached hydrogen (secondary N) is 2. The van der Waals surface area contributed by atoms with E-state index in [2.05, 4.69) is 10.6 Å². The molecule has 1 saturated heterocycles. The molecule has 0 aromatic heterocycles. The summed E-state index contributed by atoms with van der Waals surface area (Å²) in [5.74, 6) is -1.81. The van der Waals surface area contributed by atoms with E-state index in [1.165, 1.54) is 6.92 Å². The second kappa shape index (κ2) is 5.67. The number of rotatable bonds is 4. The first-order valence-corrected chi connectivity index (χ1v) is 5.56. The molecule has 1 atom stereocenters. The van der Waals surface area contributed by atoms with Crippen LogP contribution in [0.3, 0.4) is 0 Å². The summed E-state index contributed by atoms with van der Waals surface area (Å²) >= 11 is 0. The molecule has 0 spiro atoms. The Morgan fingerprint density at radius 3 is 2.33 bits per heavy atom. The van der Waals surface area contributed by atoms with E-state index >= 15 is 0 Å². The molecule has 5 N–H and O–H groups in total. The lowest BCUT2D eigenvalue weighted by atomic mass is 9.90. The Morgan fingerprint density at radius 2 is 1.89 bits per heavy atom. The van der Waals surface area contributed by atoms with Crippen LogP contribution in [-0.2, 0) is 14.3 Å². The van der Waals surface area contributed by atoms with Crippen molar-refractivity contribution in [2.75, 3.05) is 13.2 Å². The maximum absolute atomic E-state index is 11.6. The van der Waals surface area contributed by atoms with Gasteiger partial charge in [0.15, 0.2) is 0 Å². The zero-order chi connectivity index (χ0) is 13.8. The normalized spacial score (nSPS) is 19.6. The number of carbonyl (C=O) groups excluding carboxylic acids is 2. The summed E-state index contributed by atoms with van der Waals surface area (Å²) < 4.78 is 5.07. The summed E-state index contributed by atoms with van der Waals surface area (Å²) in [5, 5.41) is 13.8. The monoisotopic (exact) mass is 259 g/mol. The van der Waals surface area contributed by atoms with E-state index in [4.69, 9.17) is 10.5 Å². The molecule has 18 heavy (non-hydrogen) atoms. The van der Waals surface area contributed by atoms with Gasteiger partial charge in [0.1, 0.15) is 11.6 Å². The third-order valence-corrected chi connectivity index (χ3v) is 2.88. The van der Waals surface area contributed by atoms with Crippen LogP contribution < -0.4 is 16.4 Å². The number of primary amides is 1. The van der Waals surface area contributed by atoms with Crippen LogP contribution in [0.4, 0.5) is 4.79 Å². The van der Waals surface area contributed by atoms with E-state index in [9.17, 15) is 19.5 Å². The number of carboxylic acids is 1. The van der Waals surface area contributed by atoms with Gasteiger partial charge in [-0.1, -0.05) is 0 Å². The highest BCUT2D eigenvalue weighted by atomic mass is 16.5. The van der Waals surface area contributed by atoms with Crippen LogP contribution >= 0.6 is 0 Å². The zero-order valence-electron chi connectivity index (χ0n) is 10.1. The summed E-state index contributed by atoms with van der Waals surface area (Å²) in [7, 11) is 0. The maximum Gasteiger partial charge on any atom is 0.329 e. The Bertz CT molecular complexity index is 351. The molecule has 8 nitrogen and oxygen atoms in total. The van der Waals surface area contributed by atoms with Crippen molar-refractivity contribution in [1.82, 2.24) is 10.6 Å². The predicted octanol–water partition coefficient (Wildman–Crippen LogP) is -1.21. The van der Waals surface area contributed by atoms with E-state index in [0.717, 1.165) is 0 Å². The molecule has 1 heterocycles. The van der Waals surface area contributed by atoms with Gasteiger partial charge in [-0.15, -0.1) is 0 Å². The van der Waals surface area contributed by atoms with E-state index < -0.39 is 29.5 Å². The summed E-state index contributed by atoms with van der Waals surface area (Å²) in [6.07, 6.45) is 0.363. The Kier molecular flexibility index (Phi) is 4.49. The van der Waals surface area contributed by atoms with Gasteiger partial charge in [-0.3, -0.25) is 4.79 Å². The number of carboxylic acid groups (broad SMARTS) is 1. The molecular weight excluding hydrogens is 242 g/mol. The molecule has 1 rings (SSSR count). The summed E-state index contributed by atoms with van der Waals surface area (Å²) in [6.45, 7) is 1.94. The van der Waals surface area contributed by atoms with Crippen molar-refractivity contribution in [3.63, 3.8) is 0 Å². The lowest BCUT2D eigenvalue weighted by molar-refractivity contribution is -0.148. The molecule has 0 bridgehead atoms. The molecule has 3 amide bonds. The molecule has 0 saturated carbocycles. The molecule has 0 radical (unpaired) electrons. The maximum atomic E-state index is 11.6. The quantitative estimate of drug-likeness (QED) is 0.503. The van der Waals surface area contributed by atoms with Crippen molar-refractivity contribution in [3.05, 3.63) is 0 Å². The number of hydrogen-bond donors (Lipinski definition) is 4. The first kappa shape index (κ1) is 14.2. The van der Waals surface area contributed by atoms with Gasteiger partial charge in [-0.25, -0.2) is 9.59 Å². The van der Waals surface area contributed by atoms with Crippen LogP contribution in [0.25, 0.3) is 0 Å². The molecular formula is C10H17N3O5. The highest BCUT2D eigenvalue weighted by Gasteiger charge is 2.41. The molecule has 1 unspecified atom stereocenters. The van der Waals surface area contributed by atoms with E-state index in [0.29, 0.717) is 0 Å². The van der Waals surface area contributed by atoms with Crippen LogP contribution in [0, 0.1) is 0 Å². The number of carbonyl (C=O) groups is 3. The molecule has 102 valence electrons. The number of ether oxygens (including phenoxy) is 1. The zero-order valence-corrected chi connectivity index (χ0v) is 10.1. The highest BCUT2D eigenvalue weighted by molar-refractivity contribution is 5.89. The topological polar surface area (TPSA) is 131 Å². The van der Waals surface area contributed by atoms with Crippen LogP contribution in [0.5, 0.6) is 0 Å². The first-order valence-electron chi connectivity index (χ1n) is 5.56. The summed E-state index contributed by atoms with van der Waals surface area (Å²) in [4.78, 5) is 33.6. The molecule has 1 fully saturated rings. The molecule has 8 heteroatoms. The van der Waals surface area contributed by atoms with Gasteiger partial charge in [-0.2, -0.15) is 0 Å². The summed E-state index contributed by atoms with van der Waals surface area (Å²) in [5.41, 5.74) is 3.64. The number of urea groups is 1. The van der Waals surface area contributed by atoms with Crippen molar-refractivity contribution < 1.29 is 24.2 Å². The van der Waals surface area contributed by atoms with Gasteiger partial charge in [0.25, 0.3) is 0 Å². The second-order valence-corrected chi connectivity index (χ2v) is 4.22. The Balaban J connectivity index is 2.64. The predicted molar refractivity (Wildman–Crippen MR) is 60.7 cm³/mol. The fourth-order valence-corrected chi connectivity index (χ4v) is 1.63. The number of nitrogens with two attached hydrogens (primary N) is 1. The van der Waals surface area contributed by atoms with Crippen molar-refractivity contribution >= 4 is 17.9 Å². The van der Waals surface area contributed by atoms with Crippen molar-refractivity contribution in [2.45, 2.75) is 31.3 Å². The molecule has 1 aliphatic rings. The van der Waals surface area contributed by atoms with E-state index in [1.54, 1.807) is 0 Å². The fourth-order valence-electron chi connectivity index (χ4n) is 1.63. The minimum Gasteiger partial charge on any atom is -0.480 e. The Labute approximate surface area is 104 Å². The lowest BCUT2D eigenvalue weighted by Crippen LogP contribution is -2.61. The average molecular weight is 259 g/mol. The minimum atomic E-state index is -1.35. The molecule has 0 aliphatic carbocycles. The van der Waals surface area contributed by atoms with Crippen LogP contribution in [0.1, 0.15) is 19.8 Å². The third kappa shape index (κ3) is 3.33. The second-order valence-electron chi connectivity index (χ2n) is 4.22. The average Bonchev–Trinajstić information content (AvgIpc) is 2.29. The molecule has 0 aromatic rings. The molecule has 0 aromatic carbocycles. The first-order chi connectivity index (χ1) is 8.37. The largest absolute Gasteiger partial charge is 0.480 e. The highest BCUT2D eigenvalue weighted by Crippen LogP contribution is 2.20. The molecule has 1 aliphatic heterocycles. The Morgan fingerprint density at radius 1 is 1.33 bits per heavy atom. The van der Waals surface area contributed by atoms with Crippen LogP contribution in [-0.4, -0.2) is 47.8 Å². The Hall–Kier alpha value is -1.83. The standard InChI is InChI=1S/C10H17N3O5/c1-6(7(11)14)12-9(17)13-10(8(15)16)2-4-18-5-3-10/h6H,2-5H2,1H3,(H2,11,14)(H,15,16)(H2,12,13,17). The summed E-state index contributed by atoms with van der Waals surface area (Å²) in [6, 6.07) is -1.60. The third-order valence-electron chi connectivity index (χ3n) is 2.88. The smallest absolute Gasteiger partial charge is 0.329 e. The number of hydrogen-bond acceptors (Lipinski definition) is 4. The SMILES string of the molecule is CC(NC(=O)NC1(C(=O)O)CCOCC1)C(N)=O. The van der Waals surface area contributed by atoms with Gasteiger partial charge in [0.2, 0.25) is 5.91 Å². The van der Waals surface area contributed by atoms with Gasteiger partial charge in [-0.05, 0) is 6.92 Å². The van der Waals surface area contributed by atoms with Gasteiger partial charge < -0.3 is 26.2 Å². The lowest BCUT2D eigenvalue weighted by Gasteiger charge is -2.34. The fraction of sp³-hybridized carbons (Fsp3) is 0.700. The van der Waals surface area contributed by atoms with Crippen molar-refractivity contribution in [2.24, 2.45) is 5.73 Å².